The molecule has 3 heterocycles. The van der Waals surface area contributed by atoms with Gasteiger partial charge in [0, 0.05) is 29.2 Å². The first-order valence-corrected chi connectivity index (χ1v) is 18.2. The van der Waals surface area contributed by atoms with Crippen LogP contribution in [0.5, 0.6) is 0 Å². The maximum Gasteiger partial charge on any atom is 0.268 e. The van der Waals surface area contributed by atoms with Crippen molar-refractivity contribution in [3.05, 3.63) is 23.3 Å². The van der Waals surface area contributed by atoms with E-state index in [-0.39, 0.29) is 23.6 Å². The van der Waals surface area contributed by atoms with Crippen LogP contribution in [0.4, 0.5) is 0 Å². The lowest BCUT2D eigenvalue weighted by atomic mass is 9.86. The van der Waals surface area contributed by atoms with Gasteiger partial charge in [0.25, 0.3) is 23.6 Å². The average molecular weight is 591 g/mol. The van der Waals surface area contributed by atoms with Gasteiger partial charge in [-0.15, -0.1) is 0 Å². The fraction of sp³-hybridized carbons (Fsp3) is 0.750. The second kappa shape index (κ2) is 18.8. The highest BCUT2D eigenvalue weighted by Gasteiger charge is 2.45. The van der Waals surface area contributed by atoms with Crippen LogP contribution < -0.4 is 0 Å². The molecule has 0 N–H and O–H groups in total. The molecule has 4 bridgehead atoms. The smallest absolute Gasteiger partial charge is 0.268 e. The maximum atomic E-state index is 12.8. The van der Waals surface area contributed by atoms with Crippen molar-refractivity contribution < 1.29 is 19.2 Å². The van der Waals surface area contributed by atoms with Crippen molar-refractivity contribution in [2.45, 2.75) is 148 Å². The second-order valence-electron chi connectivity index (χ2n) is 11.6. The molecule has 1 fully saturated rings. The number of carbonyl (C=O) groups is 4. The van der Waals surface area contributed by atoms with E-state index in [0.717, 1.165) is 49.8 Å². The number of fused-ring (bicyclic) bond motifs is 4. The molecule has 1 saturated heterocycles. The standard InChI is InChI=1S/C32H50N2O4S2/c1-2-3-4-5-6-7-8-9-10-11-12-13-14-15-16-17-18-19-20-21-22-23-26-27-24-29(35)33(31(27)37)39-40-34-30(36)25-28(26)32(34)38/h24-26H,2-23H2,1H3. The number of amides is 4. The van der Waals surface area contributed by atoms with Crippen LogP contribution in [0.2, 0.25) is 0 Å². The number of imide groups is 2. The summed E-state index contributed by atoms with van der Waals surface area (Å²) >= 11 is 0. The van der Waals surface area contributed by atoms with Gasteiger partial charge in [-0.05, 0) is 6.42 Å². The van der Waals surface area contributed by atoms with E-state index < -0.39 is 5.92 Å². The Bertz CT molecular complexity index is 867. The summed E-state index contributed by atoms with van der Waals surface area (Å²) < 4.78 is 2.10. The molecule has 3 aliphatic heterocycles. The molecule has 0 saturated carbocycles. The van der Waals surface area contributed by atoms with Gasteiger partial charge in [0.1, 0.15) is 0 Å². The minimum Gasteiger partial charge on any atom is -0.268 e. The van der Waals surface area contributed by atoms with Crippen molar-refractivity contribution in [2.75, 3.05) is 0 Å². The number of hydrogen-bond acceptors (Lipinski definition) is 6. The molecule has 0 atom stereocenters. The van der Waals surface area contributed by atoms with Crippen LogP contribution in [-0.4, -0.2) is 32.2 Å². The minimum absolute atomic E-state index is 0.349. The molecule has 0 aromatic carbocycles. The summed E-state index contributed by atoms with van der Waals surface area (Å²) in [6.45, 7) is 2.28. The van der Waals surface area contributed by atoms with Gasteiger partial charge in [0.2, 0.25) is 0 Å². The maximum absolute atomic E-state index is 12.8. The van der Waals surface area contributed by atoms with Gasteiger partial charge in [-0.1, -0.05) is 142 Å². The van der Waals surface area contributed by atoms with Crippen LogP contribution >= 0.6 is 22.0 Å². The predicted molar refractivity (Wildman–Crippen MR) is 166 cm³/mol. The van der Waals surface area contributed by atoms with Crippen LogP contribution in [0.1, 0.15) is 148 Å². The molecule has 0 spiro atoms. The number of carbonyl (C=O) groups excluding carboxylic acids is 4. The quantitative estimate of drug-likeness (QED) is 0.0542. The summed E-state index contributed by atoms with van der Waals surface area (Å²) in [4.78, 5) is 50.1. The molecular weight excluding hydrogens is 540 g/mol. The first-order chi connectivity index (χ1) is 19.5. The fourth-order valence-corrected chi connectivity index (χ4v) is 7.89. The second-order valence-corrected chi connectivity index (χ2v) is 13.6. The van der Waals surface area contributed by atoms with Crippen molar-refractivity contribution in [2.24, 2.45) is 5.92 Å². The SMILES string of the molecule is CCCCCCCCCCCCCCCCCCCCCCCC1C2=CC(=O)N(SSN3C(=O)C=C1C3=O)C2=O. The Morgan fingerprint density at radius 3 is 1.12 bits per heavy atom. The van der Waals surface area contributed by atoms with Gasteiger partial charge in [-0.2, -0.15) is 0 Å². The normalized spacial score (nSPS) is 17.4. The first kappa shape index (κ1) is 33.0. The van der Waals surface area contributed by atoms with Gasteiger partial charge in [-0.3, -0.25) is 19.2 Å². The molecule has 3 aliphatic rings. The predicted octanol–water partition coefficient (Wildman–Crippen LogP) is 9.02. The Morgan fingerprint density at radius 1 is 0.500 bits per heavy atom. The number of rotatable bonds is 22. The van der Waals surface area contributed by atoms with Gasteiger partial charge in [0.05, 0.1) is 22.0 Å². The van der Waals surface area contributed by atoms with Crippen molar-refractivity contribution in [1.82, 2.24) is 8.61 Å². The molecule has 3 rings (SSSR count). The molecule has 0 aromatic heterocycles. The van der Waals surface area contributed by atoms with E-state index in [1.807, 2.05) is 0 Å². The van der Waals surface area contributed by atoms with Crippen LogP contribution in [0.3, 0.4) is 0 Å². The molecule has 4 amide bonds. The lowest BCUT2D eigenvalue weighted by Crippen LogP contribution is -2.25. The van der Waals surface area contributed by atoms with Gasteiger partial charge in [-0.25, -0.2) is 8.61 Å². The molecule has 0 aliphatic carbocycles. The molecule has 8 heteroatoms. The minimum atomic E-state index is -0.484. The van der Waals surface area contributed by atoms with E-state index in [1.54, 1.807) is 0 Å². The van der Waals surface area contributed by atoms with Crippen molar-refractivity contribution in [3.63, 3.8) is 0 Å². The van der Waals surface area contributed by atoms with Gasteiger partial charge < -0.3 is 0 Å². The van der Waals surface area contributed by atoms with E-state index in [4.69, 9.17) is 0 Å². The van der Waals surface area contributed by atoms with Gasteiger partial charge >= 0.3 is 0 Å². The van der Waals surface area contributed by atoms with E-state index >= 15 is 0 Å². The summed E-state index contributed by atoms with van der Waals surface area (Å²) in [7, 11) is 1.68. The topological polar surface area (TPSA) is 74.8 Å². The summed E-state index contributed by atoms with van der Waals surface area (Å²) in [5, 5.41) is 0. The fourth-order valence-electron chi connectivity index (χ4n) is 5.91. The number of nitrogens with zero attached hydrogens (tertiary/aromatic N) is 2. The van der Waals surface area contributed by atoms with E-state index in [0.29, 0.717) is 17.6 Å². The van der Waals surface area contributed by atoms with Crippen LogP contribution in [-0.2, 0) is 19.2 Å². The van der Waals surface area contributed by atoms with E-state index in [2.05, 4.69) is 6.92 Å². The molecular formula is C32H50N2O4S2. The summed E-state index contributed by atoms with van der Waals surface area (Å²) in [5.74, 6) is -1.96. The van der Waals surface area contributed by atoms with Crippen molar-refractivity contribution >= 4 is 45.6 Å². The largest absolute Gasteiger partial charge is 0.268 e. The molecule has 224 valence electrons. The number of unbranched alkanes of at least 4 members (excludes halogenated alkanes) is 20. The number of hydrogen-bond donors (Lipinski definition) is 0. The summed E-state index contributed by atoms with van der Waals surface area (Å²) in [6.07, 6.45) is 31.1. The van der Waals surface area contributed by atoms with E-state index in [9.17, 15) is 19.2 Å². The van der Waals surface area contributed by atoms with Crippen molar-refractivity contribution in [1.29, 1.82) is 0 Å². The summed E-state index contributed by atoms with van der Waals surface area (Å²) in [6, 6.07) is 0. The third kappa shape index (κ3) is 10.4. The van der Waals surface area contributed by atoms with E-state index in [1.165, 1.54) is 128 Å². The highest BCUT2D eigenvalue weighted by molar-refractivity contribution is 8.75. The van der Waals surface area contributed by atoms with Crippen LogP contribution in [0.25, 0.3) is 0 Å². The Kier molecular flexibility index (Phi) is 15.5. The average Bonchev–Trinajstić information content (AvgIpc) is 3.39. The Morgan fingerprint density at radius 2 is 0.800 bits per heavy atom. The molecule has 0 aromatic rings. The highest BCUT2D eigenvalue weighted by Crippen LogP contribution is 2.44. The van der Waals surface area contributed by atoms with Gasteiger partial charge in [0.15, 0.2) is 0 Å². The van der Waals surface area contributed by atoms with Crippen molar-refractivity contribution in [3.8, 4) is 0 Å². The lowest BCUT2D eigenvalue weighted by Gasteiger charge is -2.17. The molecule has 0 unspecified atom stereocenters. The highest BCUT2D eigenvalue weighted by atomic mass is 33.1. The lowest BCUT2D eigenvalue weighted by molar-refractivity contribution is -0.132. The first-order valence-electron chi connectivity index (χ1n) is 16.1. The monoisotopic (exact) mass is 590 g/mol. The Hall–Kier alpha value is -1.54. The third-order valence-corrected chi connectivity index (χ3v) is 10.5. The zero-order chi connectivity index (χ0) is 28.6. The zero-order valence-corrected chi connectivity index (χ0v) is 26.3. The molecule has 40 heavy (non-hydrogen) atoms. The molecule has 0 radical (unpaired) electrons. The Balaban J connectivity index is 1.17. The third-order valence-electron chi connectivity index (χ3n) is 8.35. The summed E-state index contributed by atoms with van der Waals surface area (Å²) in [5.41, 5.74) is 0.699. The zero-order valence-electron chi connectivity index (χ0n) is 24.6. The Labute approximate surface area is 250 Å². The van der Waals surface area contributed by atoms with Crippen LogP contribution in [0.15, 0.2) is 23.3 Å². The van der Waals surface area contributed by atoms with Crippen LogP contribution in [0, 0.1) is 5.92 Å². The molecule has 6 nitrogen and oxygen atoms in total.